The van der Waals surface area contributed by atoms with Crippen LogP contribution in [-0.4, -0.2) is 0 Å². The van der Waals surface area contributed by atoms with Crippen molar-refractivity contribution >= 4 is 39.6 Å². The summed E-state index contributed by atoms with van der Waals surface area (Å²) in [6, 6.07) is 84.4. The summed E-state index contributed by atoms with van der Waals surface area (Å²) in [5.41, 5.74) is 21.0. The summed E-state index contributed by atoms with van der Waals surface area (Å²) in [6.45, 7) is 9.58. The lowest BCUT2D eigenvalue weighted by molar-refractivity contribution is 0.554. The Hall–Kier alpha value is -7.39. The average Bonchev–Trinajstić information content (AvgIpc) is 3.60. The first-order valence-corrected chi connectivity index (χ1v) is 24.4. The second kappa shape index (κ2) is 14.8. The molecule has 0 radical (unpaired) electrons. The first-order valence-electron chi connectivity index (χ1n) is 23.6. The molecule has 0 aromatic heterocycles. The fraction of sp³-hybridized carbons (Fsp3) is 0.108. The summed E-state index contributed by atoms with van der Waals surface area (Å²) < 4.78 is 0. The molecule has 1 aliphatic heterocycles. The molecule has 1 nitrogen and oxygen atoms in total. The molecule has 2 heteroatoms. The molecule has 2 aliphatic carbocycles. The van der Waals surface area contributed by atoms with Crippen LogP contribution in [0.2, 0.25) is 0 Å². The van der Waals surface area contributed by atoms with Gasteiger partial charge in [-0.05, 0) is 143 Å². The summed E-state index contributed by atoms with van der Waals surface area (Å²) in [7, 11) is 0. The number of rotatable bonds is 5. The number of fused-ring (bicyclic) bond motifs is 13. The molecule has 10 aromatic carbocycles. The third-order valence-corrected chi connectivity index (χ3v) is 16.5. The molecule has 1 spiro atoms. The van der Waals surface area contributed by atoms with E-state index in [1.165, 1.54) is 98.5 Å². The van der Waals surface area contributed by atoms with Gasteiger partial charge in [0.15, 0.2) is 0 Å². The van der Waals surface area contributed by atoms with Crippen LogP contribution in [0.4, 0.5) is 17.1 Å². The number of nitrogens with zero attached hydrogens (tertiary/aromatic N) is 1. The maximum absolute atomic E-state index is 2.52. The summed E-state index contributed by atoms with van der Waals surface area (Å²) in [5, 5.41) is 2.62. The van der Waals surface area contributed by atoms with Crippen LogP contribution in [0.5, 0.6) is 0 Å². The predicted octanol–water partition coefficient (Wildman–Crippen LogP) is 17.4. The topological polar surface area (TPSA) is 3.24 Å². The van der Waals surface area contributed by atoms with Crippen LogP contribution in [-0.2, 0) is 16.2 Å². The van der Waals surface area contributed by atoms with Gasteiger partial charge in [0.25, 0.3) is 0 Å². The largest absolute Gasteiger partial charge is 0.310 e. The molecule has 0 bridgehead atoms. The summed E-state index contributed by atoms with van der Waals surface area (Å²) in [4.78, 5) is 5.05. The normalized spacial score (nSPS) is 16.6. The Kier molecular flexibility index (Phi) is 8.83. The van der Waals surface area contributed by atoms with Gasteiger partial charge in [-0.1, -0.05) is 209 Å². The van der Waals surface area contributed by atoms with Gasteiger partial charge in [0.2, 0.25) is 0 Å². The van der Waals surface area contributed by atoms with Gasteiger partial charge in [-0.15, -0.1) is 0 Å². The molecule has 0 saturated heterocycles. The van der Waals surface area contributed by atoms with Crippen molar-refractivity contribution in [3.05, 3.63) is 269 Å². The quantitative estimate of drug-likeness (QED) is 0.169. The number of hydrogen-bond donors (Lipinski definition) is 0. The Morgan fingerprint density at radius 1 is 0.328 bits per heavy atom. The van der Waals surface area contributed by atoms with E-state index in [0.717, 1.165) is 17.1 Å². The highest BCUT2D eigenvalue weighted by molar-refractivity contribution is 7.99. The van der Waals surface area contributed by atoms with Crippen LogP contribution in [0.1, 0.15) is 72.2 Å². The van der Waals surface area contributed by atoms with Crippen LogP contribution in [0.3, 0.4) is 0 Å². The lowest BCUT2D eigenvalue weighted by atomic mass is 9.53. The van der Waals surface area contributed by atoms with Crippen LogP contribution < -0.4 is 4.90 Å². The van der Waals surface area contributed by atoms with E-state index in [4.69, 9.17) is 0 Å². The monoisotopic (exact) mass is 875 g/mol. The third-order valence-electron chi connectivity index (χ3n) is 15.4. The van der Waals surface area contributed by atoms with E-state index in [1.807, 2.05) is 11.8 Å². The van der Waals surface area contributed by atoms with Crippen molar-refractivity contribution in [1.29, 1.82) is 0 Å². The molecular formula is C65H49NS. The lowest BCUT2D eigenvalue weighted by Gasteiger charge is -2.50. The first kappa shape index (κ1) is 39.9. The molecule has 3 aliphatic rings. The SMILES string of the molecule is CC1(C)c2ccccc2-c2ccc(N(c3ccc(-c4ccccc4)cc3)c3ccc(-c4ccc5c(c4)C4(c6ccccc6S5)c5ccccc5C(C)(C)c5c4ccc4ccccc54)cc3)cc21. The zero-order valence-corrected chi connectivity index (χ0v) is 39.0. The lowest BCUT2D eigenvalue weighted by Crippen LogP contribution is -2.43. The average molecular weight is 876 g/mol. The Morgan fingerprint density at radius 3 is 1.64 bits per heavy atom. The Balaban J connectivity index is 0.968. The first-order chi connectivity index (χ1) is 32.7. The molecule has 1 unspecified atom stereocenters. The zero-order valence-electron chi connectivity index (χ0n) is 38.2. The molecule has 67 heavy (non-hydrogen) atoms. The van der Waals surface area contributed by atoms with E-state index >= 15 is 0 Å². The fourth-order valence-electron chi connectivity index (χ4n) is 12.2. The molecule has 1 heterocycles. The Labute approximate surface area is 398 Å². The van der Waals surface area contributed by atoms with Gasteiger partial charge in [0, 0.05) is 37.7 Å². The highest BCUT2D eigenvalue weighted by Gasteiger charge is 2.52. The molecule has 0 amide bonds. The molecule has 0 fully saturated rings. The summed E-state index contributed by atoms with van der Waals surface area (Å²) in [6.07, 6.45) is 0. The molecule has 0 N–H and O–H groups in total. The Morgan fingerprint density at radius 2 is 0.881 bits per heavy atom. The van der Waals surface area contributed by atoms with Gasteiger partial charge < -0.3 is 4.90 Å². The van der Waals surface area contributed by atoms with Crippen LogP contribution in [0.15, 0.2) is 234 Å². The highest BCUT2D eigenvalue weighted by atomic mass is 32.2. The van der Waals surface area contributed by atoms with Gasteiger partial charge in [-0.3, -0.25) is 0 Å². The number of benzene rings is 10. The van der Waals surface area contributed by atoms with Crippen molar-refractivity contribution < 1.29 is 0 Å². The second-order valence-corrected chi connectivity index (χ2v) is 20.7. The highest BCUT2D eigenvalue weighted by Crippen LogP contribution is 2.63. The minimum atomic E-state index is -0.512. The number of anilines is 3. The zero-order chi connectivity index (χ0) is 45.1. The standard InChI is InChI=1S/C65H49NS/c1-63(2)53-21-11-10-20-51(53)52-37-36-49(41-58(52)63)66(47-32-26-43(27-33-47)42-16-6-5-7-17-42)48-34-28-44(29-35-48)46-31-39-61-59(40-46)65(56-24-14-15-25-60(56)67-61)55-23-13-12-22-54(55)64(3,4)62-50-19-9-8-18-45(50)30-38-57(62)65/h5-41H,1-4H3. The van der Waals surface area contributed by atoms with E-state index in [2.05, 4.69) is 257 Å². The van der Waals surface area contributed by atoms with E-state index < -0.39 is 5.41 Å². The fourth-order valence-corrected chi connectivity index (χ4v) is 13.4. The minimum absolute atomic E-state index is 0.112. The molecular weight excluding hydrogens is 827 g/mol. The molecule has 320 valence electrons. The smallest absolute Gasteiger partial charge is 0.0729 e. The Bertz CT molecular complexity index is 3600. The van der Waals surface area contributed by atoms with Crippen molar-refractivity contribution in [2.75, 3.05) is 4.90 Å². The van der Waals surface area contributed by atoms with Gasteiger partial charge >= 0.3 is 0 Å². The van der Waals surface area contributed by atoms with E-state index in [0.29, 0.717) is 0 Å². The molecule has 1 atom stereocenters. The third kappa shape index (κ3) is 5.82. The van der Waals surface area contributed by atoms with Crippen molar-refractivity contribution in [2.45, 2.75) is 53.7 Å². The maximum atomic E-state index is 2.52. The summed E-state index contributed by atoms with van der Waals surface area (Å²) >= 11 is 1.91. The van der Waals surface area contributed by atoms with Crippen molar-refractivity contribution in [2.24, 2.45) is 0 Å². The van der Waals surface area contributed by atoms with Gasteiger partial charge in [0.05, 0.1) is 5.41 Å². The maximum Gasteiger partial charge on any atom is 0.0729 e. The van der Waals surface area contributed by atoms with Crippen LogP contribution in [0.25, 0.3) is 44.2 Å². The molecule has 10 aromatic rings. The van der Waals surface area contributed by atoms with Gasteiger partial charge in [-0.25, -0.2) is 0 Å². The van der Waals surface area contributed by atoms with Gasteiger partial charge in [0.1, 0.15) is 0 Å². The van der Waals surface area contributed by atoms with Crippen molar-refractivity contribution in [3.8, 4) is 33.4 Å². The second-order valence-electron chi connectivity index (χ2n) is 19.6. The van der Waals surface area contributed by atoms with E-state index in [9.17, 15) is 0 Å². The van der Waals surface area contributed by atoms with Crippen molar-refractivity contribution in [1.82, 2.24) is 0 Å². The van der Waals surface area contributed by atoms with Crippen molar-refractivity contribution in [3.63, 3.8) is 0 Å². The van der Waals surface area contributed by atoms with Crippen LogP contribution in [0, 0.1) is 0 Å². The predicted molar refractivity (Wildman–Crippen MR) is 282 cm³/mol. The molecule has 0 saturated carbocycles. The van der Waals surface area contributed by atoms with Crippen LogP contribution >= 0.6 is 11.8 Å². The van der Waals surface area contributed by atoms with E-state index in [1.54, 1.807) is 0 Å². The summed E-state index contributed by atoms with van der Waals surface area (Å²) in [5.74, 6) is 0. The molecule has 13 rings (SSSR count). The van der Waals surface area contributed by atoms with E-state index in [-0.39, 0.29) is 10.8 Å². The number of hydrogen-bond acceptors (Lipinski definition) is 2. The minimum Gasteiger partial charge on any atom is -0.310 e. The van der Waals surface area contributed by atoms with Gasteiger partial charge in [-0.2, -0.15) is 0 Å².